The Kier molecular flexibility index (Phi) is 4.43. The van der Waals surface area contributed by atoms with E-state index in [2.05, 4.69) is 5.32 Å². The molecule has 0 saturated heterocycles. The number of anilines is 2. The van der Waals surface area contributed by atoms with Crippen LogP contribution in [0.3, 0.4) is 0 Å². The van der Waals surface area contributed by atoms with E-state index < -0.39 is 0 Å². The number of nitrogens with two attached hydrogens (primary N) is 1. The lowest BCUT2D eigenvalue weighted by molar-refractivity contribution is 0.102. The van der Waals surface area contributed by atoms with E-state index in [1.54, 1.807) is 18.2 Å². The number of benzene rings is 2. The highest BCUT2D eigenvalue weighted by atomic mass is 127. The van der Waals surface area contributed by atoms with Crippen molar-refractivity contribution in [2.75, 3.05) is 18.2 Å². The predicted molar refractivity (Wildman–Crippen MR) is 84.5 cm³/mol. The average Bonchev–Trinajstić information content (AvgIpc) is 2.42. The Morgan fingerprint density at radius 2 is 2.05 bits per heavy atom. The van der Waals surface area contributed by atoms with Crippen molar-refractivity contribution in [3.05, 3.63) is 51.3 Å². The monoisotopic (exact) mass is 386 g/mol. The highest BCUT2D eigenvalue weighted by Gasteiger charge is 2.11. The molecular formula is C14H12FIN2O2. The van der Waals surface area contributed by atoms with E-state index in [9.17, 15) is 9.18 Å². The topological polar surface area (TPSA) is 64.3 Å². The number of rotatable bonds is 3. The van der Waals surface area contributed by atoms with E-state index in [0.717, 1.165) is 0 Å². The molecule has 4 nitrogen and oxygen atoms in total. The zero-order valence-electron chi connectivity index (χ0n) is 10.6. The SMILES string of the molecule is COc1cc(C(=O)Nc2ccc(F)cc2I)ccc1N. The van der Waals surface area contributed by atoms with Gasteiger partial charge in [-0.3, -0.25) is 4.79 Å². The number of hydrogen-bond acceptors (Lipinski definition) is 3. The highest BCUT2D eigenvalue weighted by molar-refractivity contribution is 14.1. The minimum Gasteiger partial charge on any atom is -0.495 e. The maximum absolute atomic E-state index is 13.0. The quantitative estimate of drug-likeness (QED) is 0.629. The average molecular weight is 386 g/mol. The van der Waals surface area contributed by atoms with Crippen LogP contribution >= 0.6 is 22.6 Å². The fourth-order valence-corrected chi connectivity index (χ4v) is 2.25. The van der Waals surface area contributed by atoms with E-state index in [1.807, 2.05) is 22.6 Å². The van der Waals surface area contributed by atoms with Crippen LogP contribution in [-0.4, -0.2) is 13.0 Å². The van der Waals surface area contributed by atoms with E-state index in [1.165, 1.54) is 25.3 Å². The number of amides is 1. The van der Waals surface area contributed by atoms with Crippen LogP contribution in [-0.2, 0) is 0 Å². The summed E-state index contributed by atoms with van der Waals surface area (Å²) in [6.07, 6.45) is 0. The van der Waals surface area contributed by atoms with Crippen LogP contribution in [0, 0.1) is 9.39 Å². The number of nitrogens with one attached hydrogen (secondary N) is 1. The molecule has 0 aromatic heterocycles. The van der Waals surface area contributed by atoms with Crippen molar-refractivity contribution >= 4 is 39.9 Å². The maximum atomic E-state index is 13.0. The fourth-order valence-electron chi connectivity index (χ4n) is 1.64. The first kappa shape index (κ1) is 14.6. The summed E-state index contributed by atoms with van der Waals surface area (Å²) < 4.78 is 18.7. The molecule has 3 N–H and O–H groups in total. The van der Waals surface area contributed by atoms with Crippen LogP contribution in [0.25, 0.3) is 0 Å². The van der Waals surface area contributed by atoms with Crippen molar-refractivity contribution in [3.63, 3.8) is 0 Å². The Hall–Kier alpha value is -1.83. The maximum Gasteiger partial charge on any atom is 0.255 e. The Bertz CT molecular complexity index is 662. The summed E-state index contributed by atoms with van der Waals surface area (Å²) >= 11 is 1.96. The van der Waals surface area contributed by atoms with Crippen molar-refractivity contribution in [1.82, 2.24) is 0 Å². The van der Waals surface area contributed by atoms with E-state index in [4.69, 9.17) is 10.5 Å². The summed E-state index contributed by atoms with van der Waals surface area (Å²) in [6, 6.07) is 8.92. The second-order valence-corrected chi connectivity index (χ2v) is 5.20. The lowest BCUT2D eigenvalue weighted by Gasteiger charge is -2.09. The van der Waals surface area contributed by atoms with Gasteiger partial charge in [-0.05, 0) is 59.0 Å². The molecule has 2 rings (SSSR count). The lowest BCUT2D eigenvalue weighted by atomic mass is 10.1. The lowest BCUT2D eigenvalue weighted by Crippen LogP contribution is -2.13. The van der Waals surface area contributed by atoms with Crippen molar-refractivity contribution in [1.29, 1.82) is 0 Å². The Morgan fingerprint density at radius 3 is 2.70 bits per heavy atom. The molecule has 0 aliphatic carbocycles. The number of methoxy groups -OCH3 is 1. The Balaban J connectivity index is 2.24. The van der Waals surface area contributed by atoms with Gasteiger partial charge in [0.25, 0.3) is 5.91 Å². The second-order valence-electron chi connectivity index (χ2n) is 4.04. The zero-order chi connectivity index (χ0) is 14.7. The molecule has 2 aromatic carbocycles. The van der Waals surface area contributed by atoms with Crippen LogP contribution in [0.1, 0.15) is 10.4 Å². The molecule has 104 valence electrons. The van der Waals surface area contributed by atoms with Crippen LogP contribution in [0.4, 0.5) is 15.8 Å². The van der Waals surface area contributed by atoms with Gasteiger partial charge in [-0.25, -0.2) is 4.39 Å². The number of ether oxygens (including phenoxy) is 1. The predicted octanol–water partition coefficient (Wildman–Crippen LogP) is 3.27. The molecule has 0 aliphatic heterocycles. The third kappa shape index (κ3) is 3.19. The Morgan fingerprint density at radius 1 is 1.30 bits per heavy atom. The molecule has 0 unspecified atom stereocenters. The first-order chi connectivity index (χ1) is 9.51. The van der Waals surface area contributed by atoms with Gasteiger partial charge in [-0.1, -0.05) is 0 Å². The third-order valence-electron chi connectivity index (χ3n) is 2.67. The summed E-state index contributed by atoms with van der Waals surface area (Å²) in [4.78, 5) is 12.1. The smallest absolute Gasteiger partial charge is 0.255 e. The van der Waals surface area contributed by atoms with Gasteiger partial charge in [0.15, 0.2) is 0 Å². The standard InChI is InChI=1S/C14H12FIN2O2/c1-20-13-6-8(2-4-11(13)17)14(19)18-12-5-3-9(15)7-10(12)16/h2-7H,17H2,1H3,(H,18,19). The number of carbonyl (C=O) groups is 1. The number of halogens is 2. The molecular weight excluding hydrogens is 374 g/mol. The van der Waals surface area contributed by atoms with Crippen molar-refractivity contribution in [2.24, 2.45) is 0 Å². The summed E-state index contributed by atoms with van der Waals surface area (Å²) in [5.74, 6) is -0.221. The van der Waals surface area contributed by atoms with E-state index in [-0.39, 0.29) is 11.7 Å². The van der Waals surface area contributed by atoms with Gasteiger partial charge in [0.05, 0.1) is 18.5 Å². The minimum atomic E-state index is -0.346. The van der Waals surface area contributed by atoms with E-state index >= 15 is 0 Å². The summed E-state index contributed by atoms with van der Waals surface area (Å²) in [7, 11) is 1.48. The third-order valence-corrected chi connectivity index (χ3v) is 3.57. The second kappa shape index (κ2) is 6.08. The first-order valence-corrected chi connectivity index (χ1v) is 6.79. The van der Waals surface area contributed by atoms with Crippen molar-refractivity contribution in [3.8, 4) is 5.75 Å². The van der Waals surface area contributed by atoms with Gasteiger partial charge in [0.2, 0.25) is 0 Å². The molecule has 0 fully saturated rings. The minimum absolute atomic E-state index is 0.312. The van der Waals surface area contributed by atoms with Crippen molar-refractivity contribution < 1.29 is 13.9 Å². The molecule has 20 heavy (non-hydrogen) atoms. The normalized spacial score (nSPS) is 10.2. The molecule has 6 heteroatoms. The number of carbonyl (C=O) groups excluding carboxylic acids is 1. The van der Waals surface area contributed by atoms with Crippen LogP contribution in [0.15, 0.2) is 36.4 Å². The molecule has 0 saturated carbocycles. The van der Waals surface area contributed by atoms with Gasteiger partial charge < -0.3 is 15.8 Å². The molecule has 0 aliphatic rings. The molecule has 1 amide bonds. The molecule has 0 bridgehead atoms. The zero-order valence-corrected chi connectivity index (χ0v) is 12.8. The van der Waals surface area contributed by atoms with Gasteiger partial charge in [-0.2, -0.15) is 0 Å². The molecule has 0 spiro atoms. The van der Waals surface area contributed by atoms with Crippen molar-refractivity contribution in [2.45, 2.75) is 0 Å². The van der Waals surface area contributed by atoms with Crippen LogP contribution in [0.5, 0.6) is 5.75 Å². The van der Waals surface area contributed by atoms with Crippen LogP contribution in [0.2, 0.25) is 0 Å². The number of hydrogen-bond donors (Lipinski definition) is 2. The molecule has 0 heterocycles. The van der Waals surface area contributed by atoms with Gasteiger partial charge in [-0.15, -0.1) is 0 Å². The van der Waals surface area contributed by atoms with E-state index in [0.29, 0.717) is 26.3 Å². The Labute approximate surface area is 129 Å². The summed E-state index contributed by atoms with van der Waals surface area (Å²) in [5, 5.41) is 2.72. The number of nitrogen functional groups attached to an aromatic ring is 1. The van der Waals surface area contributed by atoms with Crippen LogP contribution < -0.4 is 15.8 Å². The molecule has 0 atom stereocenters. The fraction of sp³-hybridized carbons (Fsp3) is 0.0714. The largest absolute Gasteiger partial charge is 0.495 e. The summed E-state index contributed by atoms with van der Waals surface area (Å²) in [5.41, 5.74) is 7.11. The van der Waals surface area contributed by atoms with Gasteiger partial charge in [0.1, 0.15) is 11.6 Å². The molecule has 2 aromatic rings. The van der Waals surface area contributed by atoms with Gasteiger partial charge in [0, 0.05) is 9.13 Å². The summed E-state index contributed by atoms with van der Waals surface area (Å²) in [6.45, 7) is 0. The first-order valence-electron chi connectivity index (χ1n) is 5.71. The van der Waals surface area contributed by atoms with Gasteiger partial charge >= 0.3 is 0 Å². The highest BCUT2D eigenvalue weighted by Crippen LogP contribution is 2.24. The molecule has 0 radical (unpaired) electrons.